The number of hydrogen-bond acceptors (Lipinski definition) is 7. The summed E-state index contributed by atoms with van der Waals surface area (Å²) >= 11 is 1.65. The van der Waals surface area contributed by atoms with Crippen LogP contribution in [0.2, 0.25) is 0 Å². The van der Waals surface area contributed by atoms with Crippen LogP contribution in [0.1, 0.15) is 0 Å². The Morgan fingerprint density at radius 1 is 1.23 bits per heavy atom. The number of benzene rings is 1. The van der Waals surface area contributed by atoms with Gasteiger partial charge in [0, 0.05) is 37.8 Å². The second-order valence-electron chi connectivity index (χ2n) is 5.93. The number of hydrogen-bond donors (Lipinski definition) is 1. The molecule has 0 spiro atoms. The molecule has 1 aliphatic rings. The first kappa shape index (κ1) is 18.5. The van der Waals surface area contributed by atoms with Crippen LogP contribution in [0.3, 0.4) is 0 Å². The fourth-order valence-corrected chi connectivity index (χ4v) is 3.51. The number of carbonyl (C=O) groups is 1. The maximum absolute atomic E-state index is 12.1. The summed E-state index contributed by atoms with van der Waals surface area (Å²) in [5.74, 6) is 1.40. The maximum Gasteiger partial charge on any atom is 0.234 e. The van der Waals surface area contributed by atoms with Crippen LogP contribution in [-0.4, -0.2) is 68.8 Å². The summed E-state index contributed by atoms with van der Waals surface area (Å²) < 4.78 is 10.9. The van der Waals surface area contributed by atoms with Crippen LogP contribution in [0.15, 0.2) is 35.8 Å². The lowest BCUT2D eigenvalue weighted by molar-refractivity contribution is -0.122. The Kier molecular flexibility index (Phi) is 6.68. The summed E-state index contributed by atoms with van der Waals surface area (Å²) in [6.45, 7) is 4.82. The van der Waals surface area contributed by atoms with Gasteiger partial charge in [0.05, 0.1) is 20.2 Å². The van der Waals surface area contributed by atoms with E-state index in [-0.39, 0.29) is 5.91 Å². The first-order chi connectivity index (χ1) is 12.8. The van der Waals surface area contributed by atoms with Gasteiger partial charge in [-0.25, -0.2) is 4.98 Å². The van der Waals surface area contributed by atoms with E-state index in [0.29, 0.717) is 31.2 Å². The molecule has 1 aromatic heterocycles. The first-order valence-electron chi connectivity index (χ1n) is 8.65. The number of carbonyl (C=O) groups excluding carboxylic acids is 1. The molecule has 2 aromatic rings. The Bertz CT molecular complexity index is 688. The van der Waals surface area contributed by atoms with Crippen LogP contribution in [0.25, 0.3) is 0 Å². The van der Waals surface area contributed by atoms with Crippen LogP contribution in [0.5, 0.6) is 11.5 Å². The van der Waals surface area contributed by atoms with E-state index in [1.54, 1.807) is 18.4 Å². The average molecular weight is 376 g/mol. The molecule has 0 aliphatic carbocycles. The number of para-hydroxylation sites is 2. The molecule has 0 bridgehead atoms. The van der Waals surface area contributed by atoms with Crippen molar-refractivity contribution < 1.29 is 14.3 Å². The van der Waals surface area contributed by atoms with Gasteiger partial charge < -0.3 is 19.7 Å². The predicted molar refractivity (Wildman–Crippen MR) is 102 cm³/mol. The number of nitrogens with zero attached hydrogens (tertiary/aromatic N) is 3. The predicted octanol–water partition coefficient (Wildman–Crippen LogP) is 1.47. The highest BCUT2D eigenvalue weighted by Gasteiger charge is 2.20. The molecule has 1 amide bonds. The second kappa shape index (κ2) is 9.40. The topological polar surface area (TPSA) is 66.9 Å². The molecule has 140 valence electrons. The molecule has 8 heteroatoms. The second-order valence-corrected chi connectivity index (χ2v) is 6.80. The monoisotopic (exact) mass is 376 g/mol. The van der Waals surface area contributed by atoms with E-state index in [9.17, 15) is 4.79 Å². The van der Waals surface area contributed by atoms with Crippen LogP contribution < -0.4 is 19.7 Å². The van der Waals surface area contributed by atoms with E-state index in [1.807, 2.05) is 35.8 Å². The van der Waals surface area contributed by atoms with E-state index in [2.05, 4.69) is 20.1 Å². The third-order valence-corrected chi connectivity index (χ3v) is 5.01. The van der Waals surface area contributed by atoms with Gasteiger partial charge in [-0.15, -0.1) is 11.3 Å². The molecule has 0 unspecified atom stereocenters. The Balaban J connectivity index is 1.32. The highest BCUT2D eigenvalue weighted by molar-refractivity contribution is 7.13. The Morgan fingerprint density at radius 3 is 2.69 bits per heavy atom. The molecule has 1 fully saturated rings. The minimum absolute atomic E-state index is 0.0244. The van der Waals surface area contributed by atoms with Gasteiger partial charge in [0.2, 0.25) is 5.91 Å². The number of piperazine rings is 1. The summed E-state index contributed by atoms with van der Waals surface area (Å²) in [4.78, 5) is 20.9. The van der Waals surface area contributed by atoms with Crippen molar-refractivity contribution in [2.24, 2.45) is 0 Å². The molecule has 1 N–H and O–H groups in total. The minimum atomic E-state index is 0.0244. The zero-order valence-electron chi connectivity index (χ0n) is 14.9. The van der Waals surface area contributed by atoms with Gasteiger partial charge >= 0.3 is 0 Å². The van der Waals surface area contributed by atoms with Crippen molar-refractivity contribution in [3.05, 3.63) is 35.8 Å². The van der Waals surface area contributed by atoms with Crippen molar-refractivity contribution in [1.29, 1.82) is 0 Å². The molecule has 26 heavy (non-hydrogen) atoms. The SMILES string of the molecule is COc1ccccc1OCCNC(=O)CN1CCN(c2nccs2)CC1. The van der Waals surface area contributed by atoms with E-state index in [1.165, 1.54) is 0 Å². The number of thiazole rings is 1. The van der Waals surface area contributed by atoms with E-state index < -0.39 is 0 Å². The summed E-state index contributed by atoms with van der Waals surface area (Å²) in [5, 5.41) is 5.95. The van der Waals surface area contributed by atoms with Crippen molar-refractivity contribution in [3.8, 4) is 11.5 Å². The maximum atomic E-state index is 12.1. The number of ether oxygens (including phenoxy) is 2. The largest absolute Gasteiger partial charge is 0.493 e. The van der Waals surface area contributed by atoms with Gasteiger partial charge in [0.25, 0.3) is 0 Å². The number of aromatic nitrogens is 1. The first-order valence-corrected chi connectivity index (χ1v) is 9.53. The van der Waals surface area contributed by atoms with Crippen molar-refractivity contribution in [3.63, 3.8) is 0 Å². The lowest BCUT2D eigenvalue weighted by atomic mass is 10.3. The van der Waals surface area contributed by atoms with Crippen molar-refractivity contribution >= 4 is 22.4 Å². The zero-order chi connectivity index (χ0) is 18.2. The molecule has 7 nitrogen and oxygen atoms in total. The lowest BCUT2D eigenvalue weighted by Gasteiger charge is -2.34. The highest BCUT2D eigenvalue weighted by Crippen LogP contribution is 2.25. The van der Waals surface area contributed by atoms with Crippen molar-refractivity contribution in [2.45, 2.75) is 0 Å². The van der Waals surface area contributed by atoms with Crippen molar-refractivity contribution in [2.75, 3.05) is 57.9 Å². The third-order valence-electron chi connectivity index (χ3n) is 4.18. The summed E-state index contributed by atoms with van der Waals surface area (Å²) in [5.41, 5.74) is 0. The average Bonchev–Trinajstić information content (AvgIpc) is 3.21. The zero-order valence-corrected chi connectivity index (χ0v) is 15.7. The van der Waals surface area contributed by atoms with Gasteiger partial charge in [0.15, 0.2) is 16.6 Å². The Morgan fingerprint density at radius 2 is 2.00 bits per heavy atom. The standard InChI is InChI=1S/C18H24N4O3S/c1-24-15-4-2-3-5-16(15)25-12-6-19-17(23)14-21-8-10-22(11-9-21)18-20-7-13-26-18/h2-5,7,13H,6,8-12,14H2,1H3,(H,19,23). The molecule has 2 heterocycles. The number of nitrogens with one attached hydrogen (secondary N) is 1. The van der Waals surface area contributed by atoms with Gasteiger partial charge in [-0.05, 0) is 12.1 Å². The summed E-state index contributed by atoms with van der Waals surface area (Å²) in [6, 6.07) is 7.48. The smallest absolute Gasteiger partial charge is 0.234 e. The highest BCUT2D eigenvalue weighted by atomic mass is 32.1. The molecule has 3 rings (SSSR count). The third kappa shape index (κ3) is 5.09. The van der Waals surface area contributed by atoms with Gasteiger partial charge in [-0.1, -0.05) is 12.1 Å². The molecular formula is C18H24N4O3S. The molecular weight excluding hydrogens is 352 g/mol. The Labute approximate surface area is 157 Å². The number of rotatable bonds is 8. The van der Waals surface area contributed by atoms with Crippen molar-refractivity contribution in [1.82, 2.24) is 15.2 Å². The fourth-order valence-electron chi connectivity index (χ4n) is 2.82. The summed E-state index contributed by atoms with van der Waals surface area (Å²) in [6.07, 6.45) is 1.83. The number of amides is 1. The normalized spacial score (nSPS) is 14.9. The van der Waals surface area contributed by atoms with Crippen LogP contribution in [0.4, 0.5) is 5.13 Å². The Hall–Kier alpha value is -2.32. The number of anilines is 1. The molecule has 0 saturated carbocycles. The van der Waals surface area contributed by atoms with Gasteiger partial charge in [-0.2, -0.15) is 0 Å². The van der Waals surface area contributed by atoms with Crippen LogP contribution >= 0.6 is 11.3 Å². The van der Waals surface area contributed by atoms with Crippen LogP contribution in [0, 0.1) is 0 Å². The molecule has 1 aromatic carbocycles. The molecule has 0 atom stereocenters. The van der Waals surface area contributed by atoms with Crippen LogP contribution in [-0.2, 0) is 4.79 Å². The fraction of sp³-hybridized carbons (Fsp3) is 0.444. The van der Waals surface area contributed by atoms with E-state index in [4.69, 9.17) is 9.47 Å². The summed E-state index contributed by atoms with van der Waals surface area (Å²) in [7, 11) is 1.61. The molecule has 0 radical (unpaired) electrons. The quantitative estimate of drug-likeness (QED) is 0.704. The van der Waals surface area contributed by atoms with E-state index in [0.717, 1.165) is 31.3 Å². The number of methoxy groups -OCH3 is 1. The lowest BCUT2D eigenvalue weighted by Crippen LogP contribution is -2.49. The van der Waals surface area contributed by atoms with Gasteiger partial charge in [0.1, 0.15) is 6.61 Å². The molecule has 1 aliphatic heterocycles. The molecule has 1 saturated heterocycles. The minimum Gasteiger partial charge on any atom is -0.493 e. The van der Waals surface area contributed by atoms with Gasteiger partial charge in [-0.3, -0.25) is 9.69 Å². The van der Waals surface area contributed by atoms with E-state index >= 15 is 0 Å².